The van der Waals surface area contributed by atoms with Crippen molar-refractivity contribution in [1.29, 1.82) is 0 Å². The molecule has 1 heterocycles. The maximum atomic E-state index is 5.54. The monoisotopic (exact) mass is 252 g/mol. The molecule has 0 aliphatic carbocycles. The van der Waals surface area contributed by atoms with Gasteiger partial charge in [0.1, 0.15) is 5.76 Å². The van der Waals surface area contributed by atoms with Gasteiger partial charge in [0.2, 0.25) is 0 Å². The lowest BCUT2D eigenvalue weighted by molar-refractivity contribution is 0.193. The van der Waals surface area contributed by atoms with Gasteiger partial charge < -0.3 is 15.1 Å². The minimum absolute atomic E-state index is 0.222. The molecule has 18 heavy (non-hydrogen) atoms. The van der Waals surface area contributed by atoms with Crippen molar-refractivity contribution in [3.8, 4) is 0 Å². The van der Waals surface area contributed by atoms with Crippen molar-refractivity contribution in [2.75, 3.05) is 33.7 Å². The maximum Gasteiger partial charge on any atom is 0.190 e. The summed E-state index contributed by atoms with van der Waals surface area (Å²) in [6.07, 6.45) is 1.72. The molecular weight excluding hydrogens is 228 g/mol. The van der Waals surface area contributed by atoms with Crippen LogP contribution in [0.4, 0.5) is 0 Å². The van der Waals surface area contributed by atoms with E-state index in [0.29, 0.717) is 0 Å². The number of hydrogen-bond donors (Lipinski definition) is 2. The normalized spacial score (nSPS) is 13.7. The molecule has 0 amide bonds. The number of nitrogens with one attached hydrogen (secondary N) is 2. The molecule has 1 rings (SSSR count). The Morgan fingerprint density at radius 3 is 2.61 bits per heavy atom. The number of nitrogens with zero attached hydrogens (tertiary/aromatic N) is 2. The first-order chi connectivity index (χ1) is 8.76. The quantitative estimate of drug-likeness (QED) is 0.594. The summed E-state index contributed by atoms with van der Waals surface area (Å²) in [6, 6.07) is 4.17. The molecule has 0 spiro atoms. The molecule has 0 aliphatic heterocycles. The summed E-state index contributed by atoms with van der Waals surface area (Å²) in [5.74, 6) is 1.77. The van der Waals surface area contributed by atoms with Gasteiger partial charge in [-0.25, -0.2) is 0 Å². The van der Waals surface area contributed by atoms with Crippen LogP contribution in [-0.2, 0) is 0 Å². The van der Waals surface area contributed by atoms with E-state index < -0.39 is 0 Å². The van der Waals surface area contributed by atoms with Gasteiger partial charge in [-0.15, -0.1) is 0 Å². The zero-order chi connectivity index (χ0) is 13.4. The van der Waals surface area contributed by atoms with Crippen LogP contribution in [0.2, 0.25) is 0 Å². The van der Waals surface area contributed by atoms with Crippen molar-refractivity contribution in [1.82, 2.24) is 15.5 Å². The number of likely N-dealkylation sites (N-methyl/N-ethyl adjacent to an activating group) is 1. The predicted octanol–water partition coefficient (Wildman–Crippen LogP) is 1.46. The average Bonchev–Trinajstić information content (AvgIpc) is 2.92. The van der Waals surface area contributed by atoms with Crippen molar-refractivity contribution in [3.63, 3.8) is 0 Å². The fourth-order valence-electron chi connectivity index (χ4n) is 2.03. The van der Waals surface area contributed by atoms with Crippen LogP contribution in [0.3, 0.4) is 0 Å². The Hall–Kier alpha value is -1.49. The summed E-state index contributed by atoms with van der Waals surface area (Å²) in [6.45, 7) is 7.06. The van der Waals surface area contributed by atoms with Gasteiger partial charge >= 0.3 is 0 Å². The van der Waals surface area contributed by atoms with Crippen LogP contribution in [0.1, 0.15) is 25.6 Å². The number of furan rings is 1. The minimum atomic E-state index is 0.222. The second-order valence-corrected chi connectivity index (χ2v) is 3.96. The molecule has 0 saturated heterocycles. The van der Waals surface area contributed by atoms with Crippen molar-refractivity contribution in [2.45, 2.75) is 19.9 Å². The van der Waals surface area contributed by atoms with E-state index in [2.05, 4.69) is 34.4 Å². The highest BCUT2D eigenvalue weighted by molar-refractivity contribution is 5.79. The molecule has 0 aliphatic rings. The van der Waals surface area contributed by atoms with Gasteiger partial charge in [0.05, 0.1) is 12.3 Å². The highest BCUT2D eigenvalue weighted by Gasteiger charge is 2.20. The Balaban J connectivity index is 2.72. The highest BCUT2D eigenvalue weighted by Crippen LogP contribution is 2.19. The average molecular weight is 252 g/mol. The summed E-state index contributed by atoms with van der Waals surface area (Å²) < 4.78 is 5.54. The van der Waals surface area contributed by atoms with Crippen molar-refractivity contribution in [3.05, 3.63) is 24.2 Å². The Labute approximate surface area is 109 Å². The van der Waals surface area contributed by atoms with Gasteiger partial charge in [-0.3, -0.25) is 9.89 Å². The standard InChI is InChI=1S/C13H24N4O/c1-5-17(6-2)11(12-8-7-9-18-12)10-16-13(14-3)15-4/h7-9,11H,5-6,10H2,1-4H3,(H2,14,15,16). The van der Waals surface area contributed by atoms with Crippen molar-refractivity contribution >= 4 is 5.96 Å². The molecule has 0 saturated carbocycles. The lowest BCUT2D eigenvalue weighted by Gasteiger charge is -2.28. The summed E-state index contributed by atoms with van der Waals surface area (Å²) in [4.78, 5) is 6.47. The fraction of sp³-hybridized carbons (Fsp3) is 0.615. The largest absolute Gasteiger partial charge is 0.468 e. The van der Waals surface area contributed by atoms with E-state index in [1.807, 2.05) is 19.2 Å². The first-order valence-electron chi connectivity index (χ1n) is 6.42. The van der Waals surface area contributed by atoms with E-state index >= 15 is 0 Å². The summed E-state index contributed by atoms with van der Waals surface area (Å²) in [7, 11) is 3.62. The van der Waals surface area contributed by atoms with E-state index in [4.69, 9.17) is 4.42 Å². The summed E-state index contributed by atoms with van der Waals surface area (Å²) in [5, 5.41) is 6.31. The van der Waals surface area contributed by atoms with Gasteiger partial charge in [0, 0.05) is 20.6 Å². The third-order valence-corrected chi connectivity index (χ3v) is 3.05. The second kappa shape index (κ2) is 7.76. The number of guanidine groups is 1. The molecular formula is C13H24N4O. The highest BCUT2D eigenvalue weighted by atomic mass is 16.3. The molecule has 0 radical (unpaired) electrons. The Bertz CT molecular complexity index is 344. The maximum absolute atomic E-state index is 5.54. The molecule has 5 heteroatoms. The van der Waals surface area contributed by atoms with Gasteiger partial charge in [0.25, 0.3) is 0 Å². The Morgan fingerprint density at radius 2 is 2.17 bits per heavy atom. The number of hydrogen-bond acceptors (Lipinski definition) is 3. The van der Waals surface area contributed by atoms with E-state index in [-0.39, 0.29) is 6.04 Å². The Morgan fingerprint density at radius 1 is 1.44 bits per heavy atom. The van der Waals surface area contributed by atoms with Crippen molar-refractivity contribution < 1.29 is 4.42 Å². The lowest BCUT2D eigenvalue weighted by atomic mass is 10.2. The van der Waals surface area contributed by atoms with Crippen LogP contribution >= 0.6 is 0 Å². The molecule has 102 valence electrons. The zero-order valence-corrected chi connectivity index (χ0v) is 11.7. The second-order valence-electron chi connectivity index (χ2n) is 3.96. The molecule has 0 fully saturated rings. The van der Waals surface area contributed by atoms with Crippen LogP contribution in [0.5, 0.6) is 0 Å². The first kappa shape index (κ1) is 14.6. The van der Waals surface area contributed by atoms with E-state index in [1.54, 1.807) is 13.3 Å². The number of rotatable bonds is 6. The van der Waals surface area contributed by atoms with Gasteiger partial charge in [-0.05, 0) is 25.2 Å². The molecule has 1 aromatic rings. The van der Waals surface area contributed by atoms with Crippen LogP contribution in [-0.4, -0.2) is 44.6 Å². The van der Waals surface area contributed by atoms with Crippen LogP contribution in [0.25, 0.3) is 0 Å². The van der Waals surface area contributed by atoms with Gasteiger partial charge in [0.15, 0.2) is 5.96 Å². The molecule has 1 atom stereocenters. The van der Waals surface area contributed by atoms with Crippen LogP contribution < -0.4 is 10.6 Å². The molecule has 1 unspecified atom stereocenters. The van der Waals surface area contributed by atoms with Gasteiger partial charge in [-0.2, -0.15) is 0 Å². The van der Waals surface area contributed by atoms with E-state index in [0.717, 1.165) is 31.4 Å². The van der Waals surface area contributed by atoms with Crippen LogP contribution in [0, 0.1) is 0 Å². The SMILES string of the molecule is CCN(CC)C(CNC(=NC)NC)c1ccco1. The Kier molecular flexibility index (Phi) is 6.28. The minimum Gasteiger partial charge on any atom is -0.468 e. The lowest BCUT2D eigenvalue weighted by Crippen LogP contribution is -2.41. The van der Waals surface area contributed by atoms with E-state index in [9.17, 15) is 0 Å². The number of aliphatic imine (C=N–C) groups is 1. The fourth-order valence-corrected chi connectivity index (χ4v) is 2.03. The predicted molar refractivity (Wildman–Crippen MR) is 74.8 cm³/mol. The molecule has 5 nitrogen and oxygen atoms in total. The first-order valence-corrected chi connectivity index (χ1v) is 6.42. The smallest absolute Gasteiger partial charge is 0.190 e. The van der Waals surface area contributed by atoms with Crippen LogP contribution in [0.15, 0.2) is 27.8 Å². The molecule has 0 bridgehead atoms. The third-order valence-electron chi connectivity index (χ3n) is 3.05. The van der Waals surface area contributed by atoms with Crippen molar-refractivity contribution in [2.24, 2.45) is 4.99 Å². The topological polar surface area (TPSA) is 52.8 Å². The molecule has 2 N–H and O–H groups in total. The molecule has 1 aromatic heterocycles. The van der Waals surface area contributed by atoms with E-state index in [1.165, 1.54) is 0 Å². The third kappa shape index (κ3) is 3.77. The molecule has 0 aromatic carbocycles. The summed E-state index contributed by atoms with van der Waals surface area (Å²) in [5.41, 5.74) is 0. The van der Waals surface area contributed by atoms with Gasteiger partial charge in [-0.1, -0.05) is 13.8 Å². The zero-order valence-electron chi connectivity index (χ0n) is 11.7. The summed E-state index contributed by atoms with van der Waals surface area (Å²) >= 11 is 0.